The van der Waals surface area contributed by atoms with E-state index in [0.717, 1.165) is 6.08 Å². The molecular formula is C11H9F4N5O2. The fraction of sp³-hybridized carbons (Fsp3) is 0.273. The van der Waals surface area contributed by atoms with Gasteiger partial charge in [-0.15, -0.1) is 0 Å². The summed E-state index contributed by atoms with van der Waals surface area (Å²) >= 11 is 0. The number of rotatable bonds is 4. The Labute approximate surface area is 120 Å². The summed E-state index contributed by atoms with van der Waals surface area (Å²) in [6.07, 6.45) is -1.32. The molecule has 2 heterocycles. The quantitative estimate of drug-likeness (QED) is 0.663. The molecule has 0 radical (unpaired) electrons. The zero-order chi connectivity index (χ0) is 16.3. The van der Waals surface area contributed by atoms with Crippen molar-refractivity contribution < 1.29 is 26.9 Å². The van der Waals surface area contributed by atoms with Gasteiger partial charge in [0.25, 0.3) is 11.7 Å². The molecule has 2 aromatic heterocycles. The number of hydrogen-bond acceptors (Lipinski definition) is 5. The second-order valence-electron chi connectivity index (χ2n) is 4.15. The Morgan fingerprint density at radius 1 is 1.50 bits per heavy atom. The van der Waals surface area contributed by atoms with E-state index in [1.807, 2.05) is 0 Å². The predicted octanol–water partition coefficient (Wildman–Crippen LogP) is 2.00. The molecule has 11 heteroatoms. The van der Waals surface area contributed by atoms with Crippen LogP contribution >= 0.6 is 0 Å². The van der Waals surface area contributed by atoms with Crippen LogP contribution in [0.3, 0.4) is 0 Å². The molecule has 2 N–H and O–H groups in total. The van der Waals surface area contributed by atoms with Crippen molar-refractivity contribution >= 4 is 12.0 Å². The van der Waals surface area contributed by atoms with Gasteiger partial charge in [0, 0.05) is 6.08 Å². The molecule has 2 aromatic rings. The molecule has 0 fully saturated rings. The average molecular weight is 319 g/mol. The maximum absolute atomic E-state index is 13.6. The number of hydrogen-bond donors (Lipinski definition) is 2. The van der Waals surface area contributed by atoms with E-state index in [-0.39, 0.29) is 5.69 Å². The van der Waals surface area contributed by atoms with E-state index in [4.69, 9.17) is 0 Å². The minimum absolute atomic E-state index is 0.248. The number of halogens is 4. The molecule has 7 nitrogen and oxygen atoms in total. The molecule has 0 saturated carbocycles. The molecule has 0 saturated heterocycles. The highest BCUT2D eigenvalue weighted by Gasteiger charge is 2.37. The van der Waals surface area contributed by atoms with Crippen LogP contribution in [0.5, 0.6) is 0 Å². The first-order valence-electron chi connectivity index (χ1n) is 5.84. The van der Waals surface area contributed by atoms with Gasteiger partial charge in [0.15, 0.2) is 5.83 Å². The molecular weight excluding hydrogens is 310 g/mol. The summed E-state index contributed by atoms with van der Waals surface area (Å²) < 4.78 is 54.9. The van der Waals surface area contributed by atoms with Crippen LogP contribution in [0, 0.1) is 0 Å². The first-order chi connectivity index (χ1) is 10.3. The normalized spacial score (nSPS) is 14.0. The first-order valence-corrected chi connectivity index (χ1v) is 5.84. The largest absolute Gasteiger partial charge is 0.455 e. The van der Waals surface area contributed by atoms with E-state index in [0.29, 0.717) is 0 Å². The summed E-state index contributed by atoms with van der Waals surface area (Å²) in [5, 5.41) is 4.83. The summed E-state index contributed by atoms with van der Waals surface area (Å²) in [6, 6.07) is -1.10. The zero-order valence-corrected chi connectivity index (χ0v) is 11.0. The Morgan fingerprint density at radius 3 is 2.77 bits per heavy atom. The van der Waals surface area contributed by atoms with Crippen LogP contribution in [0.15, 0.2) is 22.9 Å². The Hall–Kier alpha value is -2.72. The predicted molar refractivity (Wildman–Crippen MR) is 63.5 cm³/mol. The van der Waals surface area contributed by atoms with Crippen molar-refractivity contribution in [2.24, 2.45) is 0 Å². The minimum atomic E-state index is -4.77. The van der Waals surface area contributed by atoms with Gasteiger partial charge in [-0.2, -0.15) is 18.2 Å². The molecule has 2 rings (SSSR count). The second kappa shape index (κ2) is 5.95. The van der Waals surface area contributed by atoms with Crippen molar-refractivity contribution in [3.63, 3.8) is 0 Å². The van der Waals surface area contributed by atoms with Gasteiger partial charge in [0.2, 0.25) is 5.89 Å². The number of imidazole rings is 1. The van der Waals surface area contributed by atoms with Gasteiger partial charge in [-0.3, -0.25) is 4.79 Å². The number of nitrogens with zero attached hydrogens (tertiary/aromatic N) is 3. The van der Waals surface area contributed by atoms with Crippen molar-refractivity contribution in [1.29, 1.82) is 0 Å². The maximum Gasteiger partial charge on any atom is 0.455 e. The van der Waals surface area contributed by atoms with Gasteiger partial charge in [-0.05, 0) is 6.92 Å². The highest BCUT2D eigenvalue weighted by Crippen LogP contribution is 2.27. The summed E-state index contributed by atoms with van der Waals surface area (Å²) in [6.45, 7) is 1.27. The fourth-order valence-electron chi connectivity index (χ4n) is 1.40. The molecule has 1 atom stereocenters. The van der Waals surface area contributed by atoms with Gasteiger partial charge in [-0.1, -0.05) is 5.16 Å². The maximum atomic E-state index is 13.6. The van der Waals surface area contributed by atoms with E-state index in [9.17, 15) is 22.4 Å². The van der Waals surface area contributed by atoms with E-state index in [2.05, 4.69) is 29.9 Å². The topological polar surface area (TPSA) is 96.7 Å². The number of alkyl halides is 3. The Bertz CT molecular complexity index is 677. The molecule has 0 aliphatic rings. The number of carbonyl (C=O) groups is 1. The third-order valence-corrected chi connectivity index (χ3v) is 2.43. The number of nitrogens with one attached hydrogen (secondary N) is 2. The molecule has 0 aliphatic heterocycles. The van der Waals surface area contributed by atoms with E-state index >= 15 is 0 Å². The fourth-order valence-corrected chi connectivity index (χ4v) is 1.40. The lowest BCUT2D eigenvalue weighted by Gasteiger charge is -2.08. The molecule has 0 aromatic carbocycles. The molecule has 118 valence electrons. The third kappa shape index (κ3) is 3.68. The lowest BCUT2D eigenvalue weighted by Crippen LogP contribution is -2.27. The highest BCUT2D eigenvalue weighted by molar-refractivity contribution is 5.95. The van der Waals surface area contributed by atoms with Crippen LogP contribution in [0.4, 0.5) is 17.6 Å². The standard InChI is InChI=1S/C11H9F4N5O2/c1-5(9-19-10(20-22-9)11(13,14)15)18-8(21)7(12)2-6-3-16-4-17-6/h2-5H,1H3,(H,16,17)(H,18,21)/b7-2-. The van der Waals surface area contributed by atoms with Crippen molar-refractivity contribution in [3.05, 3.63) is 35.8 Å². The summed E-state index contributed by atoms with van der Waals surface area (Å²) in [7, 11) is 0. The number of carbonyl (C=O) groups excluding carboxylic acids is 1. The number of aromatic nitrogens is 4. The molecule has 22 heavy (non-hydrogen) atoms. The number of H-pyrrole nitrogens is 1. The molecule has 0 bridgehead atoms. The van der Waals surface area contributed by atoms with Gasteiger partial charge in [0.1, 0.15) is 6.04 Å². The summed E-state index contributed by atoms with van der Waals surface area (Å²) in [5.74, 6) is -4.27. The lowest BCUT2D eigenvalue weighted by atomic mass is 10.3. The Balaban J connectivity index is 2.03. The minimum Gasteiger partial charge on any atom is -0.345 e. The van der Waals surface area contributed by atoms with Crippen LogP contribution < -0.4 is 5.32 Å². The van der Waals surface area contributed by atoms with Gasteiger partial charge in [-0.25, -0.2) is 9.37 Å². The van der Waals surface area contributed by atoms with Gasteiger partial charge >= 0.3 is 6.18 Å². The number of aromatic amines is 1. The smallest absolute Gasteiger partial charge is 0.345 e. The first kappa shape index (κ1) is 15.7. The molecule has 1 unspecified atom stereocenters. The SMILES string of the molecule is CC(NC(=O)/C(F)=C/c1cnc[nH]1)c1nc(C(F)(F)F)no1. The summed E-state index contributed by atoms with van der Waals surface area (Å²) in [4.78, 5) is 20.8. The van der Waals surface area contributed by atoms with Crippen LogP contribution in [0.25, 0.3) is 6.08 Å². The zero-order valence-electron chi connectivity index (χ0n) is 11.0. The van der Waals surface area contributed by atoms with Crippen LogP contribution in [0.1, 0.15) is 30.4 Å². The van der Waals surface area contributed by atoms with Crippen molar-refractivity contribution in [2.45, 2.75) is 19.1 Å². The van der Waals surface area contributed by atoms with Crippen LogP contribution in [-0.4, -0.2) is 26.0 Å². The third-order valence-electron chi connectivity index (χ3n) is 2.43. The average Bonchev–Trinajstić information content (AvgIpc) is 3.08. The molecule has 1 amide bonds. The van der Waals surface area contributed by atoms with Crippen molar-refractivity contribution in [3.8, 4) is 0 Å². The number of amides is 1. The van der Waals surface area contributed by atoms with Crippen molar-refractivity contribution in [2.75, 3.05) is 0 Å². The Kier molecular flexibility index (Phi) is 4.24. The molecule has 0 spiro atoms. The van der Waals surface area contributed by atoms with Crippen LogP contribution in [-0.2, 0) is 11.0 Å². The van der Waals surface area contributed by atoms with Gasteiger partial charge < -0.3 is 14.8 Å². The Morgan fingerprint density at radius 2 is 2.23 bits per heavy atom. The molecule has 0 aliphatic carbocycles. The van der Waals surface area contributed by atoms with Gasteiger partial charge in [0.05, 0.1) is 18.2 Å². The van der Waals surface area contributed by atoms with E-state index in [1.165, 1.54) is 19.4 Å². The van der Waals surface area contributed by atoms with E-state index < -0.39 is 35.7 Å². The van der Waals surface area contributed by atoms with E-state index in [1.54, 1.807) is 0 Å². The highest BCUT2D eigenvalue weighted by atomic mass is 19.4. The summed E-state index contributed by atoms with van der Waals surface area (Å²) in [5.41, 5.74) is 0.248. The van der Waals surface area contributed by atoms with Crippen molar-refractivity contribution in [1.82, 2.24) is 25.4 Å². The van der Waals surface area contributed by atoms with Crippen LogP contribution in [0.2, 0.25) is 0 Å². The second-order valence-corrected chi connectivity index (χ2v) is 4.15. The monoisotopic (exact) mass is 319 g/mol. The lowest BCUT2D eigenvalue weighted by molar-refractivity contribution is -0.146.